The van der Waals surface area contributed by atoms with Crippen LogP contribution in [-0.2, 0) is 24.0 Å². The number of halogens is 6. The zero-order chi connectivity index (χ0) is 23.0. The molecule has 0 N–H and O–H groups in total. The molecule has 3 aliphatic carbocycles. The van der Waals surface area contributed by atoms with Gasteiger partial charge in [0.1, 0.15) is 0 Å². The lowest BCUT2D eigenvalue weighted by molar-refractivity contribution is -0.305. The first-order chi connectivity index (χ1) is 14.2. The minimum absolute atomic E-state index is 0.171. The molecule has 0 aromatic rings. The largest absolute Gasteiger partial charge is 0.440 e. The summed E-state index contributed by atoms with van der Waals surface area (Å²) in [4.78, 5) is 24.5. The number of carbonyl (C=O) groups excluding carboxylic acids is 2. The zero-order valence-corrected chi connectivity index (χ0v) is 17.0. The summed E-state index contributed by atoms with van der Waals surface area (Å²) in [5, 5.41) is -6.85. The summed E-state index contributed by atoms with van der Waals surface area (Å²) in [6.45, 7) is 0. The zero-order valence-electron chi connectivity index (χ0n) is 16.2. The molecule has 5 unspecified atom stereocenters. The Bertz CT molecular complexity index is 870. The van der Waals surface area contributed by atoms with Gasteiger partial charge in [0.15, 0.2) is 0 Å². The van der Waals surface area contributed by atoms with E-state index in [1.54, 1.807) is 0 Å². The minimum atomic E-state index is -6.81. The van der Waals surface area contributed by atoms with Crippen molar-refractivity contribution < 1.29 is 48.6 Å². The maximum Gasteiger partial charge on any atom is 0.440 e. The highest BCUT2D eigenvalue weighted by Crippen LogP contribution is 2.60. The van der Waals surface area contributed by atoms with Crippen LogP contribution in [0.2, 0.25) is 0 Å². The van der Waals surface area contributed by atoms with Gasteiger partial charge >= 0.3 is 27.2 Å². The van der Waals surface area contributed by atoms with Crippen LogP contribution >= 0.6 is 0 Å². The van der Waals surface area contributed by atoms with Gasteiger partial charge in [0.25, 0.3) is 11.8 Å². The molecule has 1 aliphatic heterocycles. The molecule has 1 heterocycles. The number of hydroxylamine groups is 2. The van der Waals surface area contributed by atoms with Crippen molar-refractivity contribution in [2.45, 2.75) is 68.5 Å². The van der Waals surface area contributed by atoms with E-state index in [0.717, 1.165) is 0 Å². The van der Waals surface area contributed by atoms with Gasteiger partial charge in [-0.3, -0.25) is 9.59 Å². The molecule has 1 saturated heterocycles. The molecule has 176 valence electrons. The van der Waals surface area contributed by atoms with Crippen molar-refractivity contribution in [2.24, 2.45) is 29.6 Å². The summed E-state index contributed by atoms with van der Waals surface area (Å²) >= 11 is 0. The molecule has 0 aromatic carbocycles. The molecule has 4 rings (SSSR count). The normalized spacial score (nSPS) is 34.5. The smallest absolute Gasteiger partial charge is 0.272 e. The number of imide groups is 1. The lowest BCUT2D eigenvalue weighted by atomic mass is 9.81. The summed E-state index contributed by atoms with van der Waals surface area (Å²) in [5.41, 5.74) is 0. The van der Waals surface area contributed by atoms with Crippen molar-refractivity contribution in [3.63, 3.8) is 0 Å². The van der Waals surface area contributed by atoms with Gasteiger partial charge in [-0.25, -0.2) is 0 Å². The Balaban J connectivity index is 1.59. The molecule has 3 saturated carbocycles. The van der Waals surface area contributed by atoms with Crippen molar-refractivity contribution in [1.29, 1.82) is 0 Å². The first kappa shape index (κ1) is 22.8. The molecule has 4 aliphatic rings. The Morgan fingerprint density at radius 3 is 1.84 bits per heavy atom. The summed E-state index contributed by atoms with van der Waals surface area (Å²) in [7, 11) is -6.81. The van der Waals surface area contributed by atoms with Gasteiger partial charge in [-0.15, -0.1) is 9.35 Å². The summed E-state index contributed by atoms with van der Waals surface area (Å²) in [6.07, 6.45) is 1.88. The fourth-order valence-corrected chi connectivity index (χ4v) is 6.51. The second-order valence-corrected chi connectivity index (χ2v) is 10.6. The van der Waals surface area contributed by atoms with Crippen LogP contribution in [0.25, 0.3) is 0 Å². The van der Waals surface area contributed by atoms with Crippen LogP contribution in [0.15, 0.2) is 0 Å². The van der Waals surface area contributed by atoms with Gasteiger partial charge in [-0.1, -0.05) is 19.3 Å². The van der Waals surface area contributed by atoms with Gasteiger partial charge < -0.3 is 0 Å². The fourth-order valence-electron chi connectivity index (χ4n) is 5.62. The van der Waals surface area contributed by atoms with Crippen molar-refractivity contribution >= 4 is 21.9 Å². The third kappa shape index (κ3) is 3.12. The molecule has 5 atom stereocenters. The number of hydrogen-bond acceptors (Lipinski definition) is 5. The molecule has 4 fully saturated rings. The quantitative estimate of drug-likeness (QED) is 0.430. The average Bonchev–Trinajstić information content (AvgIpc) is 3.39. The Morgan fingerprint density at radius 1 is 0.839 bits per heavy atom. The van der Waals surface area contributed by atoms with E-state index in [2.05, 4.69) is 4.28 Å². The third-order valence-electron chi connectivity index (χ3n) is 7.28. The van der Waals surface area contributed by atoms with Crippen LogP contribution in [0.4, 0.5) is 26.3 Å². The lowest BCUT2D eigenvalue weighted by Gasteiger charge is -2.38. The van der Waals surface area contributed by atoms with Crippen molar-refractivity contribution in [1.82, 2.24) is 5.06 Å². The topological polar surface area (TPSA) is 80.8 Å². The highest BCUT2D eigenvalue weighted by Gasteiger charge is 2.81. The number of rotatable bonds is 6. The van der Waals surface area contributed by atoms with Crippen LogP contribution in [0.5, 0.6) is 0 Å². The second kappa shape index (κ2) is 7.06. The number of hydrogen-bond donors (Lipinski definition) is 0. The number of carbonyl (C=O) groups is 2. The average molecular weight is 477 g/mol. The highest BCUT2D eigenvalue weighted by atomic mass is 32.2. The Kier molecular flexibility index (Phi) is 5.20. The fraction of sp³-hybridized carbons (Fsp3) is 0.889. The summed E-state index contributed by atoms with van der Waals surface area (Å²) in [5.74, 6) is -19.5. The standard InChI is InChI=1S/C18H21F6NO5S/c19-16(20,13-8-9-5-6-10(13)7-9)17(21,22)18(23,24)31(28,29)30-25-14(26)11-3-1-2-4-12(11)15(25)27/h9-13H,1-8H2. The number of alkyl halides is 6. The lowest BCUT2D eigenvalue weighted by Crippen LogP contribution is -2.62. The van der Waals surface area contributed by atoms with E-state index in [1.165, 1.54) is 0 Å². The van der Waals surface area contributed by atoms with Crippen LogP contribution < -0.4 is 0 Å². The first-order valence-corrected chi connectivity index (χ1v) is 11.6. The van der Waals surface area contributed by atoms with Gasteiger partial charge in [-0.2, -0.15) is 34.8 Å². The number of nitrogens with zero attached hydrogens (tertiary/aromatic N) is 1. The summed E-state index contributed by atoms with van der Waals surface area (Å²) < 4.78 is 115. The maximum absolute atomic E-state index is 14.6. The van der Waals surface area contributed by atoms with E-state index in [4.69, 9.17) is 0 Å². The monoisotopic (exact) mass is 477 g/mol. The first-order valence-electron chi connectivity index (χ1n) is 10.2. The van der Waals surface area contributed by atoms with E-state index in [1.807, 2.05) is 0 Å². The molecule has 2 amide bonds. The Labute approximate surface area is 174 Å². The van der Waals surface area contributed by atoms with Crippen LogP contribution in [0.1, 0.15) is 51.4 Å². The van der Waals surface area contributed by atoms with Crippen LogP contribution in [0, 0.1) is 29.6 Å². The van der Waals surface area contributed by atoms with E-state index in [-0.39, 0.29) is 31.6 Å². The molecule has 31 heavy (non-hydrogen) atoms. The van der Waals surface area contributed by atoms with Crippen LogP contribution in [-0.4, -0.2) is 42.4 Å². The van der Waals surface area contributed by atoms with Gasteiger partial charge in [0, 0.05) is 5.92 Å². The SMILES string of the molecule is O=C1C2CCCCC2C(=O)N1OS(=O)(=O)C(F)(F)C(F)(F)C(F)(F)C1CC2CCC1C2. The molecule has 0 radical (unpaired) electrons. The number of fused-ring (bicyclic) bond motifs is 3. The minimum Gasteiger partial charge on any atom is -0.272 e. The summed E-state index contributed by atoms with van der Waals surface area (Å²) in [6, 6.07) is 0. The highest BCUT2D eigenvalue weighted by molar-refractivity contribution is 7.87. The second-order valence-electron chi connectivity index (χ2n) is 8.99. The third-order valence-corrected chi connectivity index (χ3v) is 8.50. The van der Waals surface area contributed by atoms with E-state index >= 15 is 0 Å². The molecule has 0 aromatic heterocycles. The molecule has 0 spiro atoms. The van der Waals surface area contributed by atoms with E-state index in [0.29, 0.717) is 19.3 Å². The van der Waals surface area contributed by atoms with E-state index in [9.17, 15) is 44.3 Å². The predicted octanol–water partition coefficient (Wildman–Crippen LogP) is 3.72. The van der Waals surface area contributed by atoms with Crippen molar-refractivity contribution in [3.05, 3.63) is 0 Å². The molecule has 13 heteroatoms. The van der Waals surface area contributed by atoms with E-state index < -0.39 is 74.2 Å². The van der Waals surface area contributed by atoms with Gasteiger partial charge in [0.05, 0.1) is 11.8 Å². The molecular formula is C18H21F6NO5S. The van der Waals surface area contributed by atoms with Crippen LogP contribution in [0.3, 0.4) is 0 Å². The Morgan fingerprint density at radius 2 is 1.39 bits per heavy atom. The molecule has 6 nitrogen and oxygen atoms in total. The van der Waals surface area contributed by atoms with Gasteiger partial charge in [-0.05, 0) is 43.9 Å². The molecule has 2 bridgehead atoms. The molecular weight excluding hydrogens is 456 g/mol. The van der Waals surface area contributed by atoms with Crippen molar-refractivity contribution in [3.8, 4) is 0 Å². The number of amides is 2. The van der Waals surface area contributed by atoms with Gasteiger partial charge in [0.2, 0.25) is 0 Å². The maximum atomic E-state index is 14.6. The van der Waals surface area contributed by atoms with Crippen molar-refractivity contribution in [2.75, 3.05) is 0 Å². The Hall–Kier alpha value is -1.37. The predicted molar refractivity (Wildman–Crippen MR) is 91.1 cm³/mol.